The molecule has 2 amide bonds. The summed E-state index contributed by atoms with van der Waals surface area (Å²) < 4.78 is 50.5. The van der Waals surface area contributed by atoms with E-state index in [-0.39, 0.29) is 11.4 Å². The lowest BCUT2D eigenvalue weighted by atomic mass is 10.2. The molecule has 1 unspecified atom stereocenters. The summed E-state index contributed by atoms with van der Waals surface area (Å²) in [6.07, 6.45) is 3.14. The first-order valence-electron chi connectivity index (χ1n) is 10.1. The monoisotopic (exact) mass is 487 g/mol. The predicted molar refractivity (Wildman–Crippen MR) is 121 cm³/mol. The van der Waals surface area contributed by atoms with E-state index in [1.165, 1.54) is 73.9 Å². The average molecular weight is 488 g/mol. The molecule has 1 heterocycles. The van der Waals surface area contributed by atoms with Gasteiger partial charge in [0, 0.05) is 6.08 Å². The van der Waals surface area contributed by atoms with Crippen LogP contribution in [0.4, 0.5) is 4.39 Å². The number of nitrogens with one attached hydrogen (secondary N) is 3. The predicted octanol–water partition coefficient (Wildman–Crippen LogP) is 2.53. The number of ether oxygens (including phenoxy) is 1. The van der Waals surface area contributed by atoms with Gasteiger partial charge in [-0.2, -0.15) is 0 Å². The molecule has 1 aromatic heterocycles. The molecule has 0 spiro atoms. The Morgan fingerprint density at radius 3 is 2.41 bits per heavy atom. The summed E-state index contributed by atoms with van der Waals surface area (Å²) in [5.74, 6) is -0.863. The van der Waals surface area contributed by atoms with E-state index in [4.69, 9.17) is 9.15 Å². The van der Waals surface area contributed by atoms with Crippen LogP contribution in [0.2, 0.25) is 0 Å². The van der Waals surface area contributed by atoms with Crippen LogP contribution in [0, 0.1) is 5.82 Å². The van der Waals surface area contributed by atoms with Crippen molar-refractivity contribution in [1.82, 2.24) is 15.6 Å². The minimum absolute atomic E-state index is 0.0242. The topological polar surface area (TPSA) is 127 Å². The summed E-state index contributed by atoms with van der Waals surface area (Å²) in [5, 5.41) is 0. The smallest absolute Gasteiger partial charge is 0.279 e. The molecule has 0 aliphatic heterocycles. The van der Waals surface area contributed by atoms with Crippen molar-refractivity contribution in [2.24, 2.45) is 0 Å². The maximum atomic E-state index is 12.9. The lowest BCUT2D eigenvalue weighted by Gasteiger charge is -2.14. The van der Waals surface area contributed by atoms with Crippen molar-refractivity contribution in [3.8, 4) is 5.75 Å². The van der Waals surface area contributed by atoms with Crippen LogP contribution in [0.25, 0.3) is 6.08 Å². The molecular formula is C23H22FN3O6S. The van der Waals surface area contributed by atoms with E-state index >= 15 is 0 Å². The quantitative estimate of drug-likeness (QED) is 0.315. The maximum absolute atomic E-state index is 12.9. The van der Waals surface area contributed by atoms with Crippen molar-refractivity contribution < 1.29 is 31.6 Å². The van der Waals surface area contributed by atoms with Crippen molar-refractivity contribution in [2.45, 2.75) is 24.5 Å². The van der Waals surface area contributed by atoms with Gasteiger partial charge < -0.3 is 9.15 Å². The number of amides is 2. The van der Waals surface area contributed by atoms with Crippen molar-refractivity contribution in [1.29, 1.82) is 0 Å². The maximum Gasteiger partial charge on any atom is 0.279 e. The fourth-order valence-electron chi connectivity index (χ4n) is 2.63. The molecule has 34 heavy (non-hydrogen) atoms. The standard InChI is InChI=1S/C23H22FN3O6S/c1-16(33-19-9-7-18(24)8-10-19)23(29)27-26-22(28)13-6-17-4-11-21(12-5-17)34(30,31)25-15-20-3-2-14-32-20/h2-14,16,25H,15H2,1H3,(H,26,28)(H,27,29)/b13-6+. The summed E-state index contributed by atoms with van der Waals surface area (Å²) in [6.45, 7) is 1.50. The van der Waals surface area contributed by atoms with Gasteiger partial charge in [0.25, 0.3) is 11.8 Å². The van der Waals surface area contributed by atoms with E-state index < -0.39 is 33.8 Å². The van der Waals surface area contributed by atoms with E-state index in [1.54, 1.807) is 12.1 Å². The zero-order valence-electron chi connectivity index (χ0n) is 18.0. The van der Waals surface area contributed by atoms with Gasteiger partial charge in [-0.3, -0.25) is 20.4 Å². The molecule has 0 fully saturated rings. The number of hydrogen-bond donors (Lipinski definition) is 3. The van der Waals surface area contributed by atoms with Gasteiger partial charge in [0.05, 0.1) is 17.7 Å². The normalized spacial score (nSPS) is 12.3. The van der Waals surface area contributed by atoms with Gasteiger partial charge in [-0.15, -0.1) is 0 Å². The Balaban J connectivity index is 1.46. The van der Waals surface area contributed by atoms with E-state index in [9.17, 15) is 22.4 Å². The fraction of sp³-hybridized carbons (Fsp3) is 0.130. The molecule has 0 aliphatic carbocycles. The molecular weight excluding hydrogens is 465 g/mol. The number of rotatable bonds is 9. The van der Waals surface area contributed by atoms with Gasteiger partial charge in [0.15, 0.2) is 6.10 Å². The minimum Gasteiger partial charge on any atom is -0.481 e. The molecule has 3 N–H and O–H groups in total. The Labute approximate surface area is 195 Å². The van der Waals surface area contributed by atoms with Crippen LogP contribution in [0.5, 0.6) is 5.75 Å². The second kappa shape index (κ2) is 11.3. The Hall–Kier alpha value is -3.96. The zero-order valence-corrected chi connectivity index (χ0v) is 18.8. The molecule has 178 valence electrons. The number of carbonyl (C=O) groups excluding carboxylic acids is 2. The second-order valence-electron chi connectivity index (χ2n) is 7.00. The van der Waals surface area contributed by atoms with Crippen LogP contribution in [0.3, 0.4) is 0 Å². The average Bonchev–Trinajstić information content (AvgIpc) is 3.35. The van der Waals surface area contributed by atoms with Crippen molar-refractivity contribution in [3.05, 3.63) is 90.1 Å². The molecule has 9 nitrogen and oxygen atoms in total. The van der Waals surface area contributed by atoms with Gasteiger partial charge in [0.1, 0.15) is 17.3 Å². The first-order chi connectivity index (χ1) is 16.2. The second-order valence-corrected chi connectivity index (χ2v) is 8.77. The number of halogens is 1. The Kier molecular flexibility index (Phi) is 8.17. The molecule has 0 saturated heterocycles. The van der Waals surface area contributed by atoms with E-state index in [1.807, 2.05) is 0 Å². The molecule has 3 rings (SSSR count). The molecule has 0 saturated carbocycles. The molecule has 3 aromatic rings. The van der Waals surface area contributed by atoms with Crippen LogP contribution < -0.4 is 20.3 Å². The van der Waals surface area contributed by atoms with Gasteiger partial charge >= 0.3 is 0 Å². The number of furan rings is 1. The molecule has 0 aliphatic rings. The highest BCUT2D eigenvalue weighted by atomic mass is 32.2. The summed E-state index contributed by atoms with van der Waals surface area (Å²) in [5.41, 5.74) is 5.00. The highest BCUT2D eigenvalue weighted by Crippen LogP contribution is 2.14. The molecule has 0 radical (unpaired) electrons. The van der Waals surface area contributed by atoms with Crippen LogP contribution in [-0.4, -0.2) is 26.3 Å². The van der Waals surface area contributed by atoms with Crippen LogP contribution in [0.15, 0.2) is 82.3 Å². The van der Waals surface area contributed by atoms with Gasteiger partial charge in [-0.1, -0.05) is 12.1 Å². The van der Waals surface area contributed by atoms with Gasteiger partial charge in [-0.25, -0.2) is 17.5 Å². The Morgan fingerprint density at radius 1 is 1.06 bits per heavy atom. The molecule has 2 aromatic carbocycles. The van der Waals surface area contributed by atoms with Crippen molar-refractivity contribution >= 4 is 27.9 Å². The number of sulfonamides is 1. The number of hydrazine groups is 1. The van der Waals surface area contributed by atoms with Crippen LogP contribution in [-0.2, 0) is 26.2 Å². The summed E-state index contributed by atoms with van der Waals surface area (Å²) in [7, 11) is -3.73. The highest BCUT2D eigenvalue weighted by molar-refractivity contribution is 7.89. The lowest BCUT2D eigenvalue weighted by Crippen LogP contribution is -2.46. The lowest BCUT2D eigenvalue weighted by molar-refractivity contribution is -0.131. The third-order valence-electron chi connectivity index (χ3n) is 4.44. The van der Waals surface area contributed by atoms with Crippen LogP contribution >= 0.6 is 0 Å². The summed E-state index contributed by atoms with van der Waals surface area (Å²) in [4.78, 5) is 24.0. The third-order valence-corrected chi connectivity index (χ3v) is 5.86. The molecule has 1 atom stereocenters. The largest absolute Gasteiger partial charge is 0.481 e. The van der Waals surface area contributed by atoms with Crippen LogP contribution in [0.1, 0.15) is 18.2 Å². The van der Waals surface area contributed by atoms with Crippen molar-refractivity contribution in [3.63, 3.8) is 0 Å². The first kappa shape index (κ1) is 24.7. The SMILES string of the molecule is CC(Oc1ccc(F)cc1)C(=O)NNC(=O)/C=C/c1ccc(S(=O)(=O)NCc2ccco2)cc1. The summed E-state index contributed by atoms with van der Waals surface area (Å²) in [6, 6.07) is 14.3. The first-order valence-corrected chi connectivity index (χ1v) is 11.5. The zero-order chi connectivity index (χ0) is 24.6. The van der Waals surface area contributed by atoms with E-state index in [0.29, 0.717) is 17.1 Å². The third kappa shape index (κ3) is 7.29. The number of benzene rings is 2. The summed E-state index contributed by atoms with van der Waals surface area (Å²) >= 11 is 0. The Bertz CT molecular complexity index is 1240. The molecule has 11 heteroatoms. The van der Waals surface area contributed by atoms with Crippen molar-refractivity contribution in [2.75, 3.05) is 0 Å². The highest BCUT2D eigenvalue weighted by Gasteiger charge is 2.15. The fourth-order valence-corrected chi connectivity index (χ4v) is 3.62. The van der Waals surface area contributed by atoms with Gasteiger partial charge in [0.2, 0.25) is 10.0 Å². The number of carbonyl (C=O) groups is 2. The van der Waals surface area contributed by atoms with Gasteiger partial charge in [-0.05, 0) is 67.1 Å². The molecule has 0 bridgehead atoms. The van der Waals surface area contributed by atoms with E-state index in [2.05, 4.69) is 15.6 Å². The minimum atomic E-state index is -3.73. The Morgan fingerprint density at radius 2 is 1.76 bits per heavy atom. The van der Waals surface area contributed by atoms with E-state index in [0.717, 1.165) is 0 Å². The number of hydrogen-bond acceptors (Lipinski definition) is 6.